The lowest BCUT2D eigenvalue weighted by Crippen LogP contribution is -2.26. The molecule has 136 valence electrons. The van der Waals surface area contributed by atoms with Crippen LogP contribution in [0.4, 0.5) is 0 Å². The Balaban J connectivity index is 1.51. The summed E-state index contributed by atoms with van der Waals surface area (Å²) in [4.78, 5) is 18.0. The third-order valence-corrected chi connectivity index (χ3v) is 5.03. The van der Waals surface area contributed by atoms with Gasteiger partial charge in [0.2, 0.25) is 0 Å². The van der Waals surface area contributed by atoms with Gasteiger partial charge < -0.3 is 9.88 Å². The van der Waals surface area contributed by atoms with Gasteiger partial charge in [-0.15, -0.1) is 0 Å². The summed E-state index contributed by atoms with van der Waals surface area (Å²) in [5.41, 5.74) is 6.19. The minimum Gasteiger partial charge on any atom is -0.358 e. The van der Waals surface area contributed by atoms with Crippen molar-refractivity contribution in [3.8, 4) is 5.69 Å². The molecule has 4 rings (SSSR count). The number of carbonyl (C=O) groups excluding carboxylic acids is 1. The van der Waals surface area contributed by atoms with E-state index in [1.807, 2.05) is 66.5 Å². The minimum absolute atomic E-state index is 0.0197. The number of nitrogens with one attached hydrogen (secondary N) is 1. The summed E-state index contributed by atoms with van der Waals surface area (Å²) < 4.78 is 1.81. The number of hydrogen-bond donors (Lipinski definition) is 1. The fourth-order valence-electron chi connectivity index (χ4n) is 3.34. The number of aromatic amines is 1. The van der Waals surface area contributed by atoms with Gasteiger partial charge in [-0.3, -0.25) is 4.79 Å². The van der Waals surface area contributed by atoms with Crippen molar-refractivity contribution in [2.75, 3.05) is 7.05 Å². The lowest BCUT2D eigenvalue weighted by atomic mass is 10.1. The zero-order valence-corrected chi connectivity index (χ0v) is 15.7. The summed E-state index contributed by atoms with van der Waals surface area (Å²) in [6.45, 7) is 4.69. The van der Waals surface area contributed by atoms with Crippen molar-refractivity contribution in [2.24, 2.45) is 0 Å². The molecule has 2 heterocycles. The summed E-state index contributed by atoms with van der Waals surface area (Å²) in [5.74, 6) is 0.0197. The van der Waals surface area contributed by atoms with Crippen molar-refractivity contribution in [2.45, 2.75) is 20.4 Å². The van der Waals surface area contributed by atoms with E-state index in [4.69, 9.17) is 0 Å². The molecule has 0 aliphatic heterocycles. The molecule has 0 bridgehead atoms. The second kappa shape index (κ2) is 6.76. The Labute approximate surface area is 158 Å². The Morgan fingerprint density at radius 3 is 2.63 bits per heavy atom. The molecule has 0 aliphatic carbocycles. The lowest BCUT2D eigenvalue weighted by Gasteiger charge is -2.18. The van der Waals surface area contributed by atoms with E-state index in [0.717, 1.165) is 27.8 Å². The van der Waals surface area contributed by atoms with E-state index in [2.05, 4.69) is 23.9 Å². The quantitative estimate of drug-likeness (QED) is 0.593. The number of H-pyrrole nitrogens is 1. The Morgan fingerprint density at radius 2 is 1.93 bits per heavy atom. The smallest absolute Gasteiger partial charge is 0.253 e. The van der Waals surface area contributed by atoms with Crippen LogP contribution in [0.1, 0.15) is 27.2 Å². The van der Waals surface area contributed by atoms with Crippen molar-refractivity contribution in [3.05, 3.63) is 83.3 Å². The molecular weight excluding hydrogens is 336 g/mol. The van der Waals surface area contributed by atoms with Gasteiger partial charge in [-0.2, -0.15) is 5.10 Å². The van der Waals surface area contributed by atoms with Crippen molar-refractivity contribution < 1.29 is 4.79 Å². The van der Waals surface area contributed by atoms with Gasteiger partial charge in [0.25, 0.3) is 5.91 Å². The number of carbonyl (C=O) groups is 1. The van der Waals surface area contributed by atoms with Crippen molar-refractivity contribution in [1.82, 2.24) is 19.7 Å². The van der Waals surface area contributed by atoms with Gasteiger partial charge in [-0.1, -0.05) is 12.1 Å². The van der Waals surface area contributed by atoms with Crippen molar-refractivity contribution in [3.63, 3.8) is 0 Å². The van der Waals surface area contributed by atoms with Crippen LogP contribution in [0.2, 0.25) is 0 Å². The molecule has 1 N–H and O–H groups in total. The molecule has 0 aliphatic rings. The van der Waals surface area contributed by atoms with Crippen LogP contribution in [0.15, 0.2) is 60.9 Å². The normalized spacial score (nSPS) is 11.1. The Kier molecular flexibility index (Phi) is 4.28. The summed E-state index contributed by atoms with van der Waals surface area (Å²) in [6, 6.07) is 15.8. The second-order valence-electron chi connectivity index (χ2n) is 6.91. The number of hydrogen-bond acceptors (Lipinski definition) is 2. The molecule has 0 radical (unpaired) electrons. The van der Waals surface area contributed by atoms with Crippen LogP contribution >= 0.6 is 0 Å². The molecule has 5 nitrogen and oxygen atoms in total. The highest BCUT2D eigenvalue weighted by Crippen LogP contribution is 2.23. The van der Waals surface area contributed by atoms with Gasteiger partial charge in [-0.25, -0.2) is 4.68 Å². The van der Waals surface area contributed by atoms with Gasteiger partial charge in [0.15, 0.2) is 0 Å². The fourth-order valence-corrected chi connectivity index (χ4v) is 3.34. The third-order valence-electron chi connectivity index (χ3n) is 5.03. The molecule has 0 spiro atoms. The van der Waals surface area contributed by atoms with E-state index < -0.39 is 0 Å². The SMILES string of the molecule is Cc1[nH]c2ccc(C(=O)N(C)Cc3ccc(-n4cccn4)cc3)cc2c1C. The van der Waals surface area contributed by atoms with Crippen LogP contribution in [-0.4, -0.2) is 32.6 Å². The fraction of sp³-hybridized carbons (Fsp3) is 0.182. The largest absolute Gasteiger partial charge is 0.358 e. The Morgan fingerprint density at radius 1 is 1.15 bits per heavy atom. The van der Waals surface area contributed by atoms with Crippen LogP contribution in [0, 0.1) is 13.8 Å². The summed E-state index contributed by atoms with van der Waals surface area (Å²) in [5, 5.41) is 5.33. The van der Waals surface area contributed by atoms with Crippen LogP contribution in [0.3, 0.4) is 0 Å². The molecule has 2 aromatic carbocycles. The molecule has 4 aromatic rings. The maximum absolute atomic E-state index is 12.9. The lowest BCUT2D eigenvalue weighted by molar-refractivity contribution is 0.0785. The number of benzene rings is 2. The van der Waals surface area contributed by atoms with E-state index in [9.17, 15) is 4.79 Å². The van der Waals surface area contributed by atoms with E-state index in [1.54, 1.807) is 11.1 Å². The Hall–Kier alpha value is -3.34. The first-order valence-corrected chi connectivity index (χ1v) is 8.96. The predicted molar refractivity (Wildman–Crippen MR) is 107 cm³/mol. The summed E-state index contributed by atoms with van der Waals surface area (Å²) in [6.07, 6.45) is 3.66. The molecule has 2 aromatic heterocycles. The number of fused-ring (bicyclic) bond motifs is 1. The molecule has 27 heavy (non-hydrogen) atoms. The summed E-state index contributed by atoms with van der Waals surface area (Å²) >= 11 is 0. The van der Waals surface area contributed by atoms with Gasteiger partial charge in [0, 0.05) is 48.1 Å². The molecule has 0 saturated heterocycles. The van der Waals surface area contributed by atoms with Gasteiger partial charge >= 0.3 is 0 Å². The maximum Gasteiger partial charge on any atom is 0.253 e. The van der Waals surface area contributed by atoms with Gasteiger partial charge in [-0.05, 0) is 61.4 Å². The second-order valence-corrected chi connectivity index (χ2v) is 6.91. The molecular formula is C22H22N4O. The highest BCUT2D eigenvalue weighted by molar-refractivity contribution is 5.98. The van der Waals surface area contributed by atoms with E-state index in [-0.39, 0.29) is 5.91 Å². The van der Waals surface area contributed by atoms with Crippen LogP contribution < -0.4 is 0 Å². The zero-order chi connectivity index (χ0) is 19.0. The average Bonchev–Trinajstić information content (AvgIpc) is 3.31. The molecule has 0 atom stereocenters. The van der Waals surface area contributed by atoms with Crippen LogP contribution in [-0.2, 0) is 6.54 Å². The van der Waals surface area contributed by atoms with Crippen LogP contribution in [0.25, 0.3) is 16.6 Å². The molecule has 0 unspecified atom stereocenters. The van der Waals surface area contributed by atoms with Crippen molar-refractivity contribution >= 4 is 16.8 Å². The Bertz CT molecular complexity index is 1090. The maximum atomic E-state index is 12.9. The first-order valence-electron chi connectivity index (χ1n) is 8.96. The number of aryl methyl sites for hydroxylation is 2. The summed E-state index contributed by atoms with van der Waals surface area (Å²) in [7, 11) is 1.84. The molecule has 0 fully saturated rings. The monoisotopic (exact) mass is 358 g/mol. The van der Waals surface area contributed by atoms with E-state index >= 15 is 0 Å². The molecule has 1 amide bonds. The molecule has 5 heteroatoms. The van der Waals surface area contributed by atoms with Crippen LogP contribution in [0.5, 0.6) is 0 Å². The number of nitrogens with zero attached hydrogens (tertiary/aromatic N) is 3. The minimum atomic E-state index is 0.0197. The first kappa shape index (κ1) is 17.1. The zero-order valence-electron chi connectivity index (χ0n) is 15.7. The van der Waals surface area contributed by atoms with E-state index in [1.165, 1.54) is 5.56 Å². The third kappa shape index (κ3) is 3.24. The number of rotatable bonds is 4. The average molecular weight is 358 g/mol. The van der Waals surface area contributed by atoms with Gasteiger partial charge in [0.05, 0.1) is 5.69 Å². The number of amides is 1. The highest BCUT2D eigenvalue weighted by Gasteiger charge is 2.14. The highest BCUT2D eigenvalue weighted by atomic mass is 16.2. The molecule has 0 saturated carbocycles. The standard InChI is InChI=1S/C22H22N4O/c1-15-16(2)24-21-10-7-18(13-20(15)21)22(27)25(3)14-17-5-8-19(9-6-17)26-12-4-11-23-26/h4-13,24H,14H2,1-3H3. The van der Waals surface area contributed by atoms with Crippen molar-refractivity contribution in [1.29, 1.82) is 0 Å². The first-order chi connectivity index (χ1) is 13.0. The predicted octanol–water partition coefficient (Wildman–Crippen LogP) is 4.24. The number of aromatic nitrogens is 3. The van der Waals surface area contributed by atoms with Gasteiger partial charge in [0.1, 0.15) is 0 Å². The van der Waals surface area contributed by atoms with E-state index in [0.29, 0.717) is 12.1 Å². The topological polar surface area (TPSA) is 53.9 Å².